The van der Waals surface area contributed by atoms with E-state index >= 15 is 0 Å². The van der Waals surface area contributed by atoms with E-state index in [0.717, 1.165) is 40.2 Å². The zero-order valence-electron chi connectivity index (χ0n) is 12.2. The summed E-state index contributed by atoms with van der Waals surface area (Å²) in [5.74, 6) is 1.16. The second kappa shape index (κ2) is 5.57. The number of carbonyl (C=O) groups is 1. The van der Waals surface area contributed by atoms with Crippen molar-refractivity contribution in [1.29, 1.82) is 0 Å². The summed E-state index contributed by atoms with van der Waals surface area (Å²) in [5, 5.41) is 0. The fourth-order valence-electron chi connectivity index (χ4n) is 3.02. The fourth-order valence-corrected chi connectivity index (χ4v) is 3.35. The van der Waals surface area contributed by atoms with Crippen molar-refractivity contribution in [2.45, 2.75) is 24.7 Å². The first-order valence-electron chi connectivity index (χ1n) is 7.11. The van der Waals surface area contributed by atoms with Gasteiger partial charge in [-0.2, -0.15) is 0 Å². The number of Topliss-reactive ketones (excluding diaryl/α,β-unsaturated/α-hetero) is 1. The van der Waals surface area contributed by atoms with Crippen molar-refractivity contribution in [2.75, 3.05) is 7.11 Å². The highest BCUT2D eigenvalue weighted by Gasteiger charge is 2.28. The van der Waals surface area contributed by atoms with Crippen LogP contribution in [0.3, 0.4) is 0 Å². The van der Waals surface area contributed by atoms with Crippen LogP contribution in [-0.4, -0.2) is 12.9 Å². The van der Waals surface area contributed by atoms with Crippen molar-refractivity contribution in [1.82, 2.24) is 0 Å². The molecule has 108 valence electrons. The lowest BCUT2D eigenvalue weighted by atomic mass is 9.96. The maximum Gasteiger partial charge on any atom is 0.166 e. The number of hydrogen-bond donors (Lipinski definition) is 1. The number of benzene rings is 2. The van der Waals surface area contributed by atoms with E-state index in [-0.39, 0.29) is 11.7 Å². The predicted molar refractivity (Wildman–Crippen MR) is 86.7 cm³/mol. The molecule has 1 unspecified atom stereocenters. The normalized spacial score (nSPS) is 16.9. The van der Waals surface area contributed by atoms with Gasteiger partial charge in [0, 0.05) is 16.4 Å². The highest BCUT2D eigenvalue weighted by Crippen LogP contribution is 2.31. The minimum atomic E-state index is 0.109. The van der Waals surface area contributed by atoms with Crippen molar-refractivity contribution in [3.8, 4) is 5.75 Å². The summed E-state index contributed by atoms with van der Waals surface area (Å²) < 4.78 is 5.22. The third-order valence-corrected chi connectivity index (χ3v) is 4.44. The summed E-state index contributed by atoms with van der Waals surface area (Å²) >= 11 is 4.44. The maximum absolute atomic E-state index is 12.3. The summed E-state index contributed by atoms with van der Waals surface area (Å²) in [6.45, 7) is 2.01. The van der Waals surface area contributed by atoms with E-state index < -0.39 is 0 Å². The zero-order valence-corrected chi connectivity index (χ0v) is 13.1. The van der Waals surface area contributed by atoms with Gasteiger partial charge in [-0.25, -0.2) is 0 Å². The first-order chi connectivity index (χ1) is 10.1. The van der Waals surface area contributed by atoms with Crippen molar-refractivity contribution in [2.24, 2.45) is 5.92 Å². The molecule has 0 fully saturated rings. The third-order valence-electron chi connectivity index (χ3n) is 4.09. The topological polar surface area (TPSA) is 26.3 Å². The minimum Gasteiger partial charge on any atom is -0.496 e. The number of methoxy groups -OCH3 is 1. The van der Waals surface area contributed by atoms with Gasteiger partial charge in [0.1, 0.15) is 5.75 Å². The maximum atomic E-state index is 12.3. The number of rotatable bonds is 3. The predicted octanol–water partition coefficient (Wildman–Crippen LogP) is 3.95. The Kier molecular flexibility index (Phi) is 3.77. The van der Waals surface area contributed by atoms with Gasteiger partial charge in [-0.1, -0.05) is 31.2 Å². The van der Waals surface area contributed by atoms with Crippen LogP contribution in [0.25, 0.3) is 0 Å². The van der Waals surface area contributed by atoms with Gasteiger partial charge in [0.15, 0.2) is 5.78 Å². The van der Waals surface area contributed by atoms with E-state index in [4.69, 9.17) is 4.74 Å². The van der Waals surface area contributed by atoms with Gasteiger partial charge >= 0.3 is 0 Å². The van der Waals surface area contributed by atoms with E-state index in [0.29, 0.717) is 0 Å². The summed E-state index contributed by atoms with van der Waals surface area (Å²) in [7, 11) is 1.64. The lowest BCUT2D eigenvalue weighted by Gasteiger charge is -2.10. The van der Waals surface area contributed by atoms with Gasteiger partial charge in [0.2, 0.25) is 0 Å². The summed E-state index contributed by atoms with van der Waals surface area (Å²) in [6.07, 6.45) is 1.61. The molecule has 1 aliphatic rings. The lowest BCUT2D eigenvalue weighted by molar-refractivity contribution is 0.0945. The van der Waals surface area contributed by atoms with Crippen LogP contribution in [0, 0.1) is 5.92 Å². The van der Waals surface area contributed by atoms with Crippen LogP contribution >= 0.6 is 12.6 Å². The van der Waals surface area contributed by atoms with Crippen LogP contribution in [-0.2, 0) is 12.8 Å². The Balaban J connectivity index is 1.95. The molecule has 0 saturated carbocycles. The molecule has 3 heteroatoms. The number of carbonyl (C=O) groups excluding carboxylic acids is 1. The molecule has 2 aromatic carbocycles. The number of ketones is 1. The molecule has 3 rings (SSSR count). The molecule has 0 amide bonds. The number of fused-ring (bicyclic) bond motifs is 1. The molecule has 0 heterocycles. The fraction of sp³-hybridized carbons (Fsp3) is 0.278. The number of ether oxygens (including phenoxy) is 1. The van der Waals surface area contributed by atoms with E-state index in [9.17, 15) is 4.79 Å². The van der Waals surface area contributed by atoms with Gasteiger partial charge < -0.3 is 4.74 Å². The minimum absolute atomic E-state index is 0.109. The molecule has 0 bridgehead atoms. The van der Waals surface area contributed by atoms with Crippen LogP contribution in [0.15, 0.2) is 41.3 Å². The summed E-state index contributed by atoms with van der Waals surface area (Å²) in [4.78, 5) is 13.2. The Morgan fingerprint density at radius 3 is 2.81 bits per heavy atom. The Labute approximate surface area is 130 Å². The van der Waals surface area contributed by atoms with E-state index in [1.807, 2.05) is 31.2 Å². The van der Waals surface area contributed by atoms with Gasteiger partial charge in [0.05, 0.1) is 7.11 Å². The second-order valence-electron chi connectivity index (χ2n) is 5.60. The van der Waals surface area contributed by atoms with Crippen molar-refractivity contribution >= 4 is 18.4 Å². The van der Waals surface area contributed by atoms with Crippen LogP contribution in [0.4, 0.5) is 0 Å². The number of hydrogen-bond acceptors (Lipinski definition) is 3. The summed E-state index contributed by atoms with van der Waals surface area (Å²) in [6, 6.07) is 12.1. The summed E-state index contributed by atoms with van der Waals surface area (Å²) in [5.41, 5.74) is 4.37. The molecule has 1 atom stereocenters. The van der Waals surface area contributed by atoms with Gasteiger partial charge in [0.25, 0.3) is 0 Å². The van der Waals surface area contributed by atoms with Crippen LogP contribution in [0.5, 0.6) is 5.75 Å². The SMILES string of the molecule is COc1ccc(Cc2cccc3c2C(=O)C(C)C3)cc1S. The molecule has 0 aromatic heterocycles. The second-order valence-corrected chi connectivity index (χ2v) is 6.09. The Bertz CT molecular complexity index is 706. The first kappa shape index (κ1) is 14.2. The van der Waals surface area contributed by atoms with Gasteiger partial charge in [-0.05, 0) is 41.7 Å². The molecular formula is C18H18O2S. The lowest BCUT2D eigenvalue weighted by Crippen LogP contribution is -2.06. The van der Waals surface area contributed by atoms with Crippen molar-refractivity contribution in [3.05, 3.63) is 58.7 Å². The quantitative estimate of drug-likeness (QED) is 0.868. The largest absolute Gasteiger partial charge is 0.496 e. The highest BCUT2D eigenvalue weighted by atomic mass is 32.1. The van der Waals surface area contributed by atoms with Crippen molar-refractivity contribution < 1.29 is 9.53 Å². The van der Waals surface area contributed by atoms with E-state index in [1.165, 1.54) is 5.56 Å². The van der Waals surface area contributed by atoms with Gasteiger partial charge in [-0.3, -0.25) is 4.79 Å². The monoisotopic (exact) mass is 298 g/mol. The van der Waals surface area contributed by atoms with Crippen molar-refractivity contribution in [3.63, 3.8) is 0 Å². The molecule has 0 saturated heterocycles. The standard InChI is InChI=1S/C18H18O2S/c1-11-8-13-4-3-5-14(17(13)18(11)19)9-12-6-7-15(20-2)16(21)10-12/h3-7,10-11,21H,8-9H2,1-2H3. The average Bonchev–Trinajstić information content (AvgIpc) is 2.75. The number of thiol groups is 1. The van der Waals surface area contributed by atoms with E-state index in [1.54, 1.807) is 7.11 Å². The molecular weight excluding hydrogens is 280 g/mol. The zero-order chi connectivity index (χ0) is 15.0. The van der Waals surface area contributed by atoms with Crippen LogP contribution in [0.1, 0.15) is 34.0 Å². The molecule has 0 spiro atoms. The van der Waals surface area contributed by atoms with Crippen LogP contribution < -0.4 is 4.74 Å². The Morgan fingerprint density at radius 2 is 2.10 bits per heavy atom. The molecule has 0 N–H and O–H groups in total. The first-order valence-corrected chi connectivity index (χ1v) is 7.55. The molecule has 2 nitrogen and oxygen atoms in total. The molecule has 21 heavy (non-hydrogen) atoms. The van der Waals surface area contributed by atoms with Crippen LogP contribution in [0.2, 0.25) is 0 Å². The van der Waals surface area contributed by atoms with E-state index in [2.05, 4.69) is 24.8 Å². The molecule has 0 radical (unpaired) electrons. The molecule has 1 aliphatic carbocycles. The average molecular weight is 298 g/mol. The van der Waals surface area contributed by atoms with Gasteiger partial charge in [-0.15, -0.1) is 12.6 Å². The Morgan fingerprint density at radius 1 is 1.29 bits per heavy atom. The Hall–Kier alpha value is -1.74. The molecule has 2 aromatic rings. The third kappa shape index (κ3) is 2.58. The smallest absolute Gasteiger partial charge is 0.166 e. The molecule has 0 aliphatic heterocycles. The highest BCUT2D eigenvalue weighted by molar-refractivity contribution is 7.80.